The molecule has 0 unspecified atom stereocenters. The average molecular weight is 342 g/mol. The van der Waals surface area contributed by atoms with E-state index in [0.29, 0.717) is 12.1 Å². The molecule has 0 N–H and O–H groups in total. The Morgan fingerprint density at radius 3 is 2.17 bits per heavy atom. The Hall–Kier alpha value is -2.94. The van der Waals surface area contributed by atoms with Gasteiger partial charge in [-0.1, -0.05) is 23.7 Å². The Morgan fingerprint density at radius 2 is 1.65 bits per heavy atom. The molecule has 0 saturated heterocycles. The number of amidine groups is 1. The molecule has 7 nitrogen and oxygen atoms in total. The Labute approximate surface area is 139 Å². The second kappa shape index (κ2) is 5.69. The van der Waals surface area contributed by atoms with Gasteiger partial charge < -0.3 is 0 Å². The van der Waals surface area contributed by atoms with Crippen molar-refractivity contribution in [3.8, 4) is 12.1 Å². The zero-order chi connectivity index (χ0) is 16.6. The van der Waals surface area contributed by atoms with E-state index in [1.807, 2.05) is 0 Å². The van der Waals surface area contributed by atoms with Crippen LogP contribution in [-0.4, -0.2) is 27.7 Å². The number of carbonyl (C=O) groups excluding carboxylic acids is 2. The van der Waals surface area contributed by atoms with Crippen LogP contribution in [0.25, 0.3) is 0 Å². The summed E-state index contributed by atoms with van der Waals surface area (Å²) in [5.74, 6) is -1.35. The summed E-state index contributed by atoms with van der Waals surface area (Å²) in [4.78, 5) is 25.8. The Morgan fingerprint density at radius 1 is 1.09 bits per heavy atom. The lowest BCUT2D eigenvalue weighted by Gasteiger charge is -2.19. The fraction of sp³-hybridized carbons (Fsp3) is 0. The van der Waals surface area contributed by atoms with Crippen molar-refractivity contribution in [2.75, 3.05) is 0 Å². The second-order valence-electron chi connectivity index (χ2n) is 4.34. The van der Waals surface area contributed by atoms with Crippen LogP contribution >= 0.6 is 23.7 Å². The number of carbonyl (C=O) groups is 2. The number of nitrogens with zero attached hydrogens (tertiary/aromatic N) is 5. The molecular formula is C14H4ClN5O2S. The van der Waals surface area contributed by atoms with Gasteiger partial charge in [-0.25, -0.2) is 4.90 Å². The lowest BCUT2D eigenvalue weighted by atomic mass is 10.1. The number of amides is 2. The van der Waals surface area contributed by atoms with Crippen LogP contribution in [0.2, 0.25) is 0 Å². The van der Waals surface area contributed by atoms with Gasteiger partial charge in [0.15, 0.2) is 11.0 Å². The monoisotopic (exact) mass is 341 g/mol. The van der Waals surface area contributed by atoms with Gasteiger partial charge in [-0.2, -0.15) is 19.3 Å². The van der Waals surface area contributed by atoms with Crippen molar-refractivity contribution in [2.45, 2.75) is 0 Å². The fourth-order valence-electron chi connectivity index (χ4n) is 2.16. The summed E-state index contributed by atoms with van der Waals surface area (Å²) in [6.07, 6.45) is 0. The van der Waals surface area contributed by atoms with Gasteiger partial charge >= 0.3 is 0 Å². The molecule has 0 aromatic heterocycles. The van der Waals surface area contributed by atoms with E-state index in [1.54, 1.807) is 24.3 Å². The topological polar surface area (TPSA) is 110 Å². The van der Waals surface area contributed by atoms with Gasteiger partial charge in [0, 0.05) is 0 Å². The summed E-state index contributed by atoms with van der Waals surface area (Å²) in [6, 6.07) is 9.63. The molecule has 2 aliphatic heterocycles. The zero-order valence-electron chi connectivity index (χ0n) is 11.1. The molecule has 3 rings (SSSR count). The normalized spacial score (nSPS) is 16.3. The fourth-order valence-corrected chi connectivity index (χ4v) is 2.89. The molecule has 2 heterocycles. The van der Waals surface area contributed by atoms with Crippen LogP contribution in [0, 0.1) is 22.7 Å². The summed E-state index contributed by atoms with van der Waals surface area (Å²) in [5.41, 5.74) is -0.0726. The minimum atomic E-state index is -0.593. The molecule has 1 aromatic rings. The Balaban J connectivity index is 2.17. The molecule has 0 spiro atoms. The maximum atomic E-state index is 12.5. The van der Waals surface area contributed by atoms with Crippen LogP contribution in [0.1, 0.15) is 20.7 Å². The minimum Gasteiger partial charge on any atom is -0.268 e. The van der Waals surface area contributed by atoms with E-state index >= 15 is 0 Å². The number of imide groups is 1. The summed E-state index contributed by atoms with van der Waals surface area (Å²) in [7, 11) is 0. The highest BCUT2D eigenvalue weighted by Crippen LogP contribution is 2.30. The maximum Gasteiger partial charge on any atom is 0.267 e. The average Bonchev–Trinajstić information content (AvgIpc) is 2.82. The number of allylic oxidation sites excluding steroid dienone is 1. The SMILES string of the molecule is N#CC(C#N)=C1C(Cl)=NSN=C1N1C(=O)c2ccccc2C1=O. The van der Waals surface area contributed by atoms with Crippen molar-refractivity contribution in [2.24, 2.45) is 8.80 Å². The van der Waals surface area contributed by atoms with Gasteiger partial charge in [-0.3, -0.25) is 9.59 Å². The zero-order valence-corrected chi connectivity index (χ0v) is 12.7. The quantitative estimate of drug-likeness (QED) is 0.408. The summed E-state index contributed by atoms with van der Waals surface area (Å²) >= 11 is 6.62. The molecule has 23 heavy (non-hydrogen) atoms. The van der Waals surface area contributed by atoms with E-state index in [2.05, 4.69) is 8.80 Å². The summed E-state index contributed by atoms with van der Waals surface area (Å²) < 4.78 is 7.68. The molecular weight excluding hydrogens is 338 g/mol. The molecule has 1 aromatic carbocycles. The molecule has 0 radical (unpaired) electrons. The summed E-state index contributed by atoms with van der Waals surface area (Å²) in [5, 5.41) is 18.0. The van der Waals surface area contributed by atoms with E-state index in [1.165, 1.54) is 12.1 Å². The molecule has 0 saturated carbocycles. The van der Waals surface area contributed by atoms with E-state index < -0.39 is 11.8 Å². The van der Waals surface area contributed by atoms with E-state index in [4.69, 9.17) is 22.1 Å². The van der Waals surface area contributed by atoms with Crippen molar-refractivity contribution in [1.82, 2.24) is 4.90 Å². The highest BCUT2D eigenvalue weighted by Gasteiger charge is 2.41. The van der Waals surface area contributed by atoms with Crippen LogP contribution in [0.15, 0.2) is 44.2 Å². The van der Waals surface area contributed by atoms with Crippen LogP contribution < -0.4 is 0 Å². The van der Waals surface area contributed by atoms with Crippen LogP contribution in [-0.2, 0) is 0 Å². The van der Waals surface area contributed by atoms with Gasteiger partial charge in [0.25, 0.3) is 11.8 Å². The molecule has 0 bridgehead atoms. The van der Waals surface area contributed by atoms with Crippen LogP contribution in [0.5, 0.6) is 0 Å². The van der Waals surface area contributed by atoms with Gasteiger partial charge in [0.05, 0.1) is 16.7 Å². The lowest BCUT2D eigenvalue weighted by Crippen LogP contribution is -2.39. The number of hydrogen-bond acceptors (Lipinski definition) is 7. The number of benzene rings is 1. The highest BCUT2D eigenvalue weighted by atomic mass is 35.5. The third-order valence-corrected chi connectivity index (χ3v) is 4.05. The predicted octanol–water partition coefficient (Wildman–Crippen LogP) is 2.24. The summed E-state index contributed by atoms with van der Waals surface area (Å²) in [6.45, 7) is 0. The molecule has 0 atom stereocenters. The molecule has 2 amide bonds. The third-order valence-electron chi connectivity index (χ3n) is 3.16. The number of halogens is 1. The molecule has 110 valence electrons. The smallest absolute Gasteiger partial charge is 0.267 e. The standard InChI is InChI=1S/C14H4ClN5O2S/c15-11-10(7(5-16)6-17)12(19-23-18-11)20-13(21)8-3-1-2-4-9(8)14(20)22/h1-4H. The van der Waals surface area contributed by atoms with Crippen LogP contribution in [0.3, 0.4) is 0 Å². The predicted molar refractivity (Wildman–Crippen MR) is 83.5 cm³/mol. The van der Waals surface area contributed by atoms with Crippen molar-refractivity contribution >= 4 is 46.6 Å². The number of nitriles is 2. The first kappa shape index (κ1) is 15.0. The lowest BCUT2D eigenvalue weighted by molar-refractivity contribution is 0.0749. The van der Waals surface area contributed by atoms with Crippen LogP contribution in [0.4, 0.5) is 0 Å². The van der Waals surface area contributed by atoms with Crippen molar-refractivity contribution in [3.63, 3.8) is 0 Å². The van der Waals surface area contributed by atoms with Gasteiger partial charge in [0.1, 0.15) is 29.8 Å². The highest BCUT2D eigenvalue weighted by molar-refractivity contribution is 7.97. The van der Waals surface area contributed by atoms with Crippen molar-refractivity contribution < 1.29 is 9.59 Å². The molecule has 0 aliphatic carbocycles. The first-order valence-corrected chi connectivity index (χ1v) is 7.21. The third kappa shape index (κ3) is 2.21. The van der Waals surface area contributed by atoms with E-state index in [-0.39, 0.29) is 33.3 Å². The molecule has 2 aliphatic rings. The molecule has 0 fully saturated rings. The number of rotatable bonds is 0. The van der Waals surface area contributed by atoms with E-state index in [9.17, 15) is 9.59 Å². The van der Waals surface area contributed by atoms with Crippen molar-refractivity contribution in [3.05, 3.63) is 46.5 Å². The Bertz CT molecular complexity index is 884. The number of fused-ring (bicyclic) bond motifs is 1. The number of hydrogen-bond donors (Lipinski definition) is 0. The van der Waals surface area contributed by atoms with Gasteiger partial charge in [0.2, 0.25) is 0 Å². The van der Waals surface area contributed by atoms with Gasteiger partial charge in [-0.05, 0) is 12.1 Å². The van der Waals surface area contributed by atoms with Gasteiger partial charge in [-0.15, -0.1) is 0 Å². The minimum absolute atomic E-state index is 0.134. The maximum absolute atomic E-state index is 12.5. The second-order valence-corrected chi connectivity index (χ2v) is 5.23. The first-order chi connectivity index (χ1) is 11.1. The van der Waals surface area contributed by atoms with Crippen molar-refractivity contribution in [1.29, 1.82) is 10.5 Å². The largest absolute Gasteiger partial charge is 0.268 e. The van der Waals surface area contributed by atoms with E-state index in [0.717, 1.165) is 4.90 Å². The Kier molecular flexibility index (Phi) is 3.70. The first-order valence-electron chi connectivity index (χ1n) is 6.10. The molecule has 9 heteroatoms.